The van der Waals surface area contributed by atoms with Gasteiger partial charge in [-0.25, -0.2) is 4.39 Å². The molecule has 10 heteroatoms. The molecule has 0 N–H and O–H groups in total. The van der Waals surface area contributed by atoms with Crippen molar-refractivity contribution in [3.8, 4) is 16.9 Å². The summed E-state index contributed by atoms with van der Waals surface area (Å²) in [6.07, 6.45) is 3.52. The third-order valence-corrected chi connectivity index (χ3v) is 6.62. The number of fused-ring (bicyclic) bond motifs is 2. The zero-order valence-corrected chi connectivity index (χ0v) is 19.4. The Morgan fingerprint density at radius 3 is 2.70 bits per heavy atom. The minimum absolute atomic E-state index is 0.0397. The average molecular weight is 461 g/mol. The molecule has 2 aromatic heterocycles. The Morgan fingerprint density at radius 1 is 1.21 bits per heavy atom. The summed E-state index contributed by atoms with van der Waals surface area (Å²) in [5.74, 6) is -0.0202. The van der Waals surface area contributed by atoms with Gasteiger partial charge in [-0.3, -0.25) is 14.5 Å². The fourth-order valence-corrected chi connectivity index (χ4v) is 4.81. The molecule has 0 radical (unpaired) electrons. The van der Waals surface area contributed by atoms with Gasteiger partial charge in [0.05, 0.1) is 18.4 Å². The number of aromatic nitrogens is 3. The van der Waals surface area contributed by atoms with Gasteiger partial charge in [0.15, 0.2) is 0 Å². The number of pyridine rings is 1. The molecule has 6 nitrogen and oxygen atoms in total. The minimum atomic E-state index is -0.681. The van der Waals surface area contributed by atoms with E-state index in [-0.39, 0.29) is 23.0 Å². The van der Waals surface area contributed by atoms with E-state index in [1.54, 1.807) is 47.2 Å². The van der Waals surface area contributed by atoms with Gasteiger partial charge in [-0.1, -0.05) is 11.6 Å². The molecule has 0 saturated carbocycles. The molecular weight excluding hydrogens is 440 g/mol. The molecule has 0 unspecified atom stereocenters. The number of ether oxygens (including phenoxy) is 1. The predicted molar refractivity (Wildman–Crippen MR) is 131 cm³/mol. The van der Waals surface area contributed by atoms with Crippen molar-refractivity contribution in [1.82, 2.24) is 19.7 Å². The van der Waals surface area contributed by atoms with Crippen molar-refractivity contribution in [2.24, 2.45) is 7.05 Å². The number of rotatable bonds is 4. The van der Waals surface area contributed by atoms with E-state index < -0.39 is 11.2 Å². The Hall–Kier alpha value is -3.32. The standard InChI is InChI=1S/C23H20B2ClFN4O2/c1-30-10-15-13(5-6-19(33-2)20(15)29-30)12-8-17(26)16(18(27)9-12)11-31-22(32)14-4-3-7-28-21(14)23(31,24)25/h3-10H,11,24-25H2,1-2H3. The van der Waals surface area contributed by atoms with Crippen LogP contribution in [0.15, 0.2) is 48.8 Å². The van der Waals surface area contributed by atoms with Crippen LogP contribution in [0.5, 0.6) is 5.75 Å². The molecule has 1 aliphatic rings. The second-order valence-corrected chi connectivity index (χ2v) is 9.06. The van der Waals surface area contributed by atoms with Crippen molar-refractivity contribution < 1.29 is 13.9 Å². The van der Waals surface area contributed by atoms with Crippen LogP contribution in [0.1, 0.15) is 21.6 Å². The lowest BCUT2D eigenvalue weighted by Gasteiger charge is -2.32. The first-order valence-corrected chi connectivity index (χ1v) is 10.9. The molecule has 1 amide bonds. The normalized spacial score (nSPS) is 14.7. The van der Waals surface area contributed by atoms with Crippen LogP contribution in [-0.4, -0.2) is 48.4 Å². The van der Waals surface area contributed by atoms with Gasteiger partial charge in [0, 0.05) is 47.3 Å². The third kappa shape index (κ3) is 3.30. The van der Waals surface area contributed by atoms with Crippen LogP contribution in [0.3, 0.4) is 0 Å². The second-order valence-electron chi connectivity index (χ2n) is 8.65. The van der Waals surface area contributed by atoms with Gasteiger partial charge in [-0.15, -0.1) is 0 Å². The number of nitrogens with zero attached hydrogens (tertiary/aromatic N) is 4. The van der Waals surface area contributed by atoms with Crippen molar-refractivity contribution in [1.29, 1.82) is 0 Å². The summed E-state index contributed by atoms with van der Waals surface area (Å²) < 4.78 is 22.5. The molecule has 0 saturated heterocycles. The lowest BCUT2D eigenvalue weighted by atomic mass is 9.59. The number of aryl methyl sites for hydroxylation is 1. The van der Waals surface area contributed by atoms with Crippen LogP contribution in [0.25, 0.3) is 22.0 Å². The van der Waals surface area contributed by atoms with Crippen molar-refractivity contribution >= 4 is 44.1 Å². The largest absolute Gasteiger partial charge is 0.494 e. The van der Waals surface area contributed by atoms with E-state index in [1.807, 2.05) is 35.0 Å². The number of hydrogen-bond donors (Lipinski definition) is 0. The summed E-state index contributed by atoms with van der Waals surface area (Å²) in [5.41, 5.74) is 3.59. The SMILES string of the molecule is BC1(B)c2ncccc2C(=O)N1Cc1c(F)cc(-c2ccc(OC)c3nn(C)cc23)cc1Cl. The van der Waals surface area contributed by atoms with Crippen LogP contribution < -0.4 is 4.74 Å². The number of carbonyl (C=O) groups is 1. The number of carbonyl (C=O) groups excluding carboxylic acids is 1. The highest BCUT2D eigenvalue weighted by molar-refractivity contribution is 6.42. The monoisotopic (exact) mass is 460 g/mol. The lowest BCUT2D eigenvalue weighted by Crippen LogP contribution is -2.44. The number of methoxy groups -OCH3 is 1. The first kappa shape index (κ1) is 21.5. The van der Waals surface area contributed by atoms with Crippen LogP contribution in [0.4, 0.5) is 4.39 Å². The Kier molecular flexibility index (Phi) is 4.97. The molecule has 0 aliphatic carbocycles. The Balaban J connectivity index is 1.55. The van der Waals surface area contributed by atoms with E-state index in [0.717, 1.165) is 10.9 Å². The highest BCUT2D eigenvalue weighted by Crippen LogP contribution is 2.39. The van der Waals surface area contributed by atoms with E-state index >= 15 is 4.39 Å². The van der Waals surface area contributed by atoms with Crippen molar-refractivity contribution in [2.75, 3.05) is 7.11 Å². The molecule has 1 aliphatic heterocycles. The second kappa shape index (κ2) is 7.63. The van der Waals surface area contributed by atoms with Gasteiger partial charge in [0.2, 0.25) is 0 Å². The summed E-state index contributed by atoms with van der Waals surface area (Å²) >= 11 is 6.59. The van der Waals surface area contributed by atoms with Crippen LogP contribution in [0, 0.1) is 5.82 Å². The fraction of sp³-hybridized carbons (Fsp3) is 0.174. The molecule has 0 fully saturated rings. The van der Waals surface area contributed by atoms with Gasteiger partial charge < -0.3 is 9.64 Å². The molecule has 164 valence electrons. The summed E-state index contributed by atoms with van der Waals surface area (Å²) in [7, 11) is 7.21. The van der Waals surface area contributed by atoms with Gasteiger partial charge >= 0.3 is 0 Å². The lowest BCUT2D eigenvalue weighted by molar-refractivity contribution is 0.0729. The van der Waals surface area contributed by atoms with Crippen molar-refractivity contribution in [3.63, 3.8) is 0 Å². The first-order valence-electron chi connectivity index (χ1n) is 10.5. The van der Waals surface area contributed by atoms with E-state index in [2.05, 4.69) is 10.1 Å². The first-order chi connectivity index (χ1) is 15.7. The van der Waals surface area contributed by atoms with Crippen LogP contribution >= 0.6 is 11.6 Å². The zero-order chi connectivity index (χ0) is 23.5. The number of amides is 1. The molecule has 33 heavy (non-hydrogen) atoms. The van der Waals surface area contributed by atoms with E-state index in [9.17, 15) is 4.79 Å². The maximum atomic E-state index is 15.4. The average Bonchev–Trinajstić information content (AvgIpc) is 3.26. The summed E-state index contributed by atoms with van der Waals surface area (Å²) in [6.45, 7) is 0.0397. The smallest absolute Gasteiger partial charge is 0.255 e. The molecule has 5 rings (SSSR count). The molecular formula is C23H20B2ClFN4O2. The van der Waals surface area contributed by atoms with E-state index in [4.69, 9.17) is 16.3 Å². The Labute approximate surface area is 197 Å². The highest BCUT2D eigenvalue weighted by Gasteiger charge is 2.44. The zero-order valence-electron chi connectivity index (χ0n) is 18.7. The van der Waals surface area contributed by atoms with E-state index in [1.165, 1.54) is 6.07 Å². The summed E-state index contributed by atoms with van der Waals surface area (Å²) in [4.78, 5) is 19.0. The van der Waals surface area contributed by atoms with Gasteiger partial charge in [-0.05, 0) is 47.5 Å². The van der Waals surface area contributed by atoms with Crippen molar-refractivity contribution in [3.05, 3.63) is 76.5 Å². The summed E-state index contributed by atoms with van der Waals surface area (Å²) in [6, 6.07) is 10.3. The molecule has 0 atom stereocenters. The molecule has 0 bridgehead atoms. The summed E-state index contributed by atoms with van der Waals surface area (Å²) in [5, 5.41) is 4.87. The highest BCUT2D eigenvalue weighted by atomic mass is 35.5. The third-order valence-electron chi connectivity index (χ3n) is 6.28. The quantitative estimate of drug-likeness (QED) is 0.439. The number of halogens is 2. The minimum Gasteiger partial charge on any atom is -0.494 e. The van der Waals surface area contributed by atoms with E-state index in [0.29, 0.717) is 28.1 Å². The van der Waals surface area contributed by atoms with Gasteiger partial charge in [-0.2, -0.15) is 5.10 Å². The predicted octanol–water partition coefficient (Wildman–Crippen LogP) is 2.47. The number of benzene rings is 2. The maximum absolute atomic E-state index is 15.4. The maximum Gasteiger partial charge on any atom is 0.255 e. The molecule has 2 aromatic carbocycles. The van der Waals surface area contributed by atoms with Crippen LogP contribution in [0.2, 0.25) is 5.02 Å². The molecule has 3 heterocycles. The topological polar surface area (TPSA) is 60.3 Å². The Bertz CT molecular complexity index is 1420. The Morgan fingerprint density at radius 2 is 2.00 bits per heavy atom. The van der Waals surface area contributed by atoms with Crippen LogP contribution in [-0.2, 0) is 18.9 Å². The van der Waals surface area contributed by atoms with Gasteiger partial charge in [0.1, 0.15) is 32.8 Å². The van der Waals surface area contributed by atoms with Gasteiger partial charge in [0.25, 0.3) is 5.91 Å². The molecule has 0 spiro atoms. The number of hydrogen-bond acceptors (Lipinski definition) is 4. The molecule has 4 aromatic rings. The van der Waals surface area contributed by atoms with Crippen molar-refractivity contribution in [2.45, 2.75) is 11.9 Å². The fourth-order valence-electron chi connectivity index (χ4n) is 4.54.